The molecule has 1 aliphatic heterocycles. The molecule has 0 unspecified atom stereocenters. The number of hydrogen-bond donors (Lipinski definition) is 2. The maximum atomic E-state index is 12.3. The van der Waals surface area contributed by atoms with Gasteiger partial charge < -0.3 is 25.2 Å². The molecule has 0 bridgehead atoms. The van der Waals surface area contributed by atoms with Crippen LogP contribution in [0.25, 0.3) is 0 Å². The highest BCUT2D eigenvalue weighted by Gasteiger charge is 2.21. The van der Waals surface area contributed by atoms with Gasteiger partial charge in [0.05, 0.1) is 13.7 Å². The molecule has 28 heavy (non-hydrogen) atoms. The lowest BCUT2D eigenvalue weighted by molar-refractivity contribution is -0.115. The monoisotopic (exact) mass is 402 g/mol. The lowest BCUT2D eigenvalue weighted by atomic mass is 10.2. The van der Waals surface area contributed by atoms with E-state index >= 15 is 0 Å². The third-order valence-corrected chi connectivity index (χ3v) is 4.73. The summed E-state index contributed by atoms with van der Waals surface area (Å²) in [6.45, 7) is 2.49. The molecule has 1 fully saturated rings. The number of nitrogens with one attached hydrogen (secondary N) is 2. The summed E-state index contributed by atoms with van der Waals surface area (Å²) in [4.78, 5) is 28.3. The summed E-state index contributed by atoms with van der Waals surface area (Å²) in [6, 6.07) is 14.5. The molecule has 2 aromatic rings. The number of piperazine rings is 1. The van der Waals surface area contributed by atoms with Crippen LogP contribution in [0.3, 0.4) is 0 Å². The topological polar surface area (TPSA) is 73.9 Å². The number of halogens is 1. The first-order valence-electron chi connectivity index (χ1n) is 9.02. The van der Waals surface area contributed by atoms with Crippen molar-refractivity contribution in [3.05, 3.63) is 53.6 Å². The van der Waals surface area contributed by atoms with E-state index < -0.39 is 0 Å². The van der Waals surface area contributed by atoms with E-state index in [0.717, 1.165) is 5.69 Å². The van der Waals surface area contributed by atoms with Crippen LogP contribution in [0.2, 0.25) is 5.02 Å². The van der Waals surface area contributed by atoms with Crippen LogP contribution >= 0.6 is 11.6 Å². The van der Waals surface area contributed by atoms with Crippen molar-refractivity contribution >= 4 is 34.9 Å². The minimum atomic E-state index is -0.292. The van der Waals surface area contributed by atoms with E-state index in [1.165, 1.54) is 0 Å². The number of ether oxygens (including phenoxy) is 1. The molecule has 0 aromatic heterocycles. The van der Waals surface area contributed by atoms with Crippen molar-refractivity contribution in [3.63, 3.8) is 0 Å². The van der Waals surface area contributed by atoms with Gasteiger partial charge >= 0.3 is 6.03 Å². The van der Waals surface area contributed by atoms with Crippen LogP contribution < -0.4 is 20.3 Å². The number of carbonyl (C=O) groups excluding carboxylic acids is 2. The maximum Gasteiger partial charge on any atom is 0.317 e. The lowest BCUT2D eigenvalue weighted by Gasteiger charge is -2.36. The van der Waals surface area contributed by atoms with E-state index in [-0.39, 0.29) is 18.5 Å². The molecule has 0 saturated carbocycles. The van der Waals surface area contributed by atoms with Crippen molar-refractivity contribution in [2.45, 2.75) is 0 Å². The minimum Gasteiger partial charge on any atom is -0.497 e. The second kappa shape index (κ2) is 9.32. The highest BCUT2D eigenvalue weighted by Crippen LogP contribution is 2.21. The van der Waals surface area contributed by atoms with Gasteiger partial charge in [0, 0.05) is 48.6 Å². The summed E-state index contributed by atoms with van der Waals surface area (Å²) in [5, 5.41) is 6.10. The molecule has 0 radical (unpaired) electrons. The largest absolute Gasteiger partial charge is 0.497 e. The minimum absolute atomic E-state index is 0.0927. The normalized spacial score (nSPS) is 13.8. The Balaban J connectivity index is 1.43. The zero-order chi connectivity index (χ0) is 19.9. The second-order valence-corrected chi connectivity index (χ2v) is 6.83. The Morgan fingerprint density at radius 2 is 1.82 bits per heavy atom. The third kappa shape index (κ3) is 5.29. The van der Waals surface area contributed by atoms with Gasteiger partial charge in [-0.15, -0.1) is 0 Å². The summed E-state index contributed by atoms with van der Waals surface area (Å²) in [6.07, 6.45) is 0. The number of nitrogens with zero attached hydrogens (tertiary/aromatic N) is 2. The van der Waals surface area contributed by atoms with Crippen molar-refractivity contribution in [2.75, 3.05) is 50.1 Å². The maximum absolute atomic E-state index is 12.3. The van der Waals surface area contributed by atoms with Gasteiger partial charge in [-0.3, -0.25) is 4.79 Å². The number of hydrogen-bond acceptors (Lipinski definition) is 4. The zero-order valence-corrected chi connectivity index (χ0v) is 16.4. The van der Waals surface area contributed by atoms with Crippen molar-refractivity contribution in [1.82, 2.24) is 10.2 Å². The van der Waals surface area contributed by atoms with E-state index in [0.29, 0.717) is 42.6 Å². The summed E-state index contributed by atoms with van der Waals surface area (Å²) in [5.74, 6) is 0.360. The number of anilines is 2. The summed E-state index contributed by atoms with van der Waals surface area (Å²) in [5.41, 5.74) is 1.67. The fourth-order valence-electron chi connectivity index (χ4n) is 3.01. The number of urea groups is 1. The van der Waals surface area contributed by atoms with E-state index in [2.05, 4.69) is 15.5 Å². The van der Waals surface area contributed by atoms with Crippen LogP contribution in [-0.4, -0.2) is 56.7 Å². The molecule has 1 heterocycles. The zero-order valence-electron chi connectivity index (χ0n) is 15.7. The van der Waals surface area contributed by atoms with Gasteiger partial charge in [0.2, 0.25) is 5.91 Å². The molecule has 2 aromatic carbocycles. The van der Waals surface area contributed by atoms with Gasteiger partial charge in [-0.25, -0.2) is 4.79 Å². The fourth-order valence-corrected chi connectivity index (χ4v) is 3.20. The number of rotatable bonds is 5. The number of carbonyl (C=O) groups is 2. The van der Waals surface area contributed by atoms with Gasteiger partial charge in [-0.1, -0.05) is 23.7 Å². The SMILES string of the molecule is COc1cccc(NC(=O)CNC(=O)N2CCN(c3cccc(Cl)c3)CC2)c1. The molecule has 2 N–H and O–H groups in total. The lowest BCUT2D eigenvalue weighted by Crippen LogP contribution is -2.52. The van der Waals surface area contributed by atoms with Crippen LogP contribution in [0, 0.1) is 0 Å². The summed E-state index contributed by atoms with van der Waals surface area (Å²) in [7, 11) is 1.56. The molecule has 0 spiro atoms. The molecule has 3 rings (SSSR count). The first kappa shape index (κ1) is 19.8. The van der Waals surface area contributed by atoms with Crippen molar-refractivity contribution in [3.8, 4) is 5.75 Å². The summed E-state index contributed by atoms with van der Waals surface area (Å²) < 4.78 is 5.12. The molecule has 3 amide bonds. The van der Waals surface area contributed by atoms with Crippen molar-refractivity contribution < 1.29 is 14.3 Å². The Bertz CT molecular complexity index is 838. The molecule has 7 nitrogen and oxygen atoms in total. The first-order chi connectivity index (χ1) is 13.5. The van der Waals surface area contributed by atoms with Crippen molar-refractivity contribution in [1.29, 1.82) is 0 Å². The average molecular weight is 403 g/mol. The molecule has 1 saturated heterocycles. The Morgan fingerprint density at radius 3 is 2.54 bits per heavy atom. The second-order valence-electron chi connectivity index (χ2n) is 6.39. The van der Waals surface area contributed by atoms with E-state index in [1.807, 2.05) is 24.3 Å². The van der Waals surface area contributed by atoms with E-state index in [1.54, 1.807) is 36.3 Å². The van der Waals surface area contributed by atoms with Gasteiger partial charge in [-0.05, 0) is 30.3 Å². The molecule has 8 heteroatoms. The van der Waals surface area contributed by atoms with Crippen LogP contribution in [0.15, 0.2) is 48.5 Å². The predicted molar refractivity (Wildman–Crippen MR) is 110 cm³/mol. The van der Waals surface area contributed by atoms with Crippen LogP contribution in [0.4, 0.5) is 16.2 Å². The standard InChI is InChI=1S/C20H23ClN4O3/c1-28-18-7-3-5-16(13-18)23-19(26)14-22-20(27)25-10-8-24(9-11-25)17-6-2-4-15(21)12-17/h2-7,12-13H,8-11,14H2,1H3,(H,22,27)(H,23,26). The number of amides is 3. The van der Waals surface area contributed by atoms with Crippen LogP contribution in [-0.2, 0) is 4.79 Å². The molecular formula is C20H23ClN4O3. The number of methoxy groups -OCH3 is 1. The Hall–Kier alpha value is -2.93. The van der Waals surface area contributed by atoms with Gasteiger partial charge in [0.1, 0.15) is 5.75 Å². The predicted octanol–water partition coefficient (Wildman–Crippen LogP) is 2.82. The average Bonchev–Trinajstić information content (AvgIpc) is 2.72. The van der Waals surface area contributed by atoms with Gasteiger partial charge in [0.25, 0.3) is 0 Å². The highest BCUT2D eigenvalue weighted by atomic mass is 35.5. The van der Waals surface area contributed by atoms with E-state index in [9.17, 15) is 9.59 Å². The highest BCUT2D eigenvalue weighted by molar-refractivity contribution is 6.30. The number of benzene rings is 2. The molecule has 148 valence electrons. The molecular weight excluding hydrogens is 380 g/mol. The quantitative estimate of drug-likeness (QED) is 0.806. The Labute approximate surface area is 169 Å². The van der Waals surface area contributed by atoms with Crippen LogP contribution in [0.1, 0.15) is 0 Å². The van der Waals surface area contributed by atoms with Crippen molar-refractivity contribution in [2.24, 2.45) is 0 Å². The Kier molecular flexibility index (Phi) is 6.60. The van der Waals surface area contributed by atoms with Crippen LogP contribution in [0.5, 0.6) is 5.75 Å². The molecule has 0 aliphatic carbocycles. The molecule has 0 atom stereocenters. The summed E-state index contributed by atoms with van der Waals surface area (Å²) >= 11 is 6.04. The molecule has 1 aliphatic rings. The first-order valence-corrected chi connectivity index (χ1v) is 9.40. The smallest absolute Gasteiger partial charge is 0.317 e. The Morgan fingerprint density at radius 1 is 1.07 bits per heavy atom. The third-order valence-electron chi connectivity index (χ3n) is 4.49. The van der Waals surface area contributed by atoms with E-state index in [4.69, 9.17) is 16.3 Å². The van der Waals surface area contributed by atoms with Gasteiger partial charge in [0.15, 0.2) is 0 Å². The fraction of sp³-hybridized carbons (Fsp3) is 0.300. The van der Waals surface area contributed by atoms with Gasteiger partial charge in [-0.2, -0.15) is 0 Å².